The molecule has 1 aromatic rings. The molecule has 3 amide bonds. The van der Waals surface area contributed by atoms with Gasteiger partial charge < -0.3 is 4.90 Å². The molecule has 0 unspecified atom stereocenters. The summed E-state index contributed by atoms with van der Waals surface area (Å²) in [7, 11) is 0. The van der Waals surface area contributed by atoms with Crippen LogP contribution < -0.4 is 4.90 Å². The Morgan fingerprint density at radius 3 is 2.32 bits per heavy atom. The number of imide groups is 1. The number of rotatable bonds is 3. The van der Waals surface area contributed by atoms with Crippen molar-refractivity contribution < 1.29 is 9.59 Å². The fourth-order valence-corrected chi connectivity index (χ4v) is 2.59. The molecular formula is C15H18N2O2. The van der Waals surface area contributed by atoms with Gasteiger partial charge in [-0.3, -0.25) is 4.79 Å². The maximum atomic E-state index is 12.3. The molecule has 100 valence electrons. The minimum absolute atomic E-state index is 0.123. The molecule has 0 aromatic heterocycles. The zero-order valence-corrected chi connectivity index (χ0v) is 11.6. The van der Waals surface area contributed by atoms with Crippen LogP contribution in [-0.4, -0.2) is 29.9 Å². The second-order valence-corrected chi connectivity index (χ2v) is 4.93. The lowest BCUT2D eigenvalue weighted by atomic mass is 10.0. The summed E-state index contributed by atoms with van der Waals surface area (Å²) < 4.78 is 0. The first-order chi connectivity index (χ1) is 8.95. The molecule has 4 heteroatoms. The van der Waals surface area contributed by atoms with Gasteiger partial charge in [-0.2, -0.15) is 0 Å². The smallest absolute Gasteiger partial charge is 0.311 e. The average Bonchev–Trinajstić information content (AvgIpc) is 2.56. The molecular weight excluding hydrogens is 240 g/mol. The standard InChI is InChI=1S/C15H18N2O2/c1-5-6-16-9-13(18)17(15(16)19)14-11(3)7-10(2)8-12(14)4/h5,7-8H,1,6,9H2,2-4H3. The third kappa shape index (κ3) is 2.26. The number of nitrogens with zero attached hydrogens (tertiary/aromatic N) is 2. The van der Waals surface area contributed by atoms with Gasteiger partial charge in [-0.15, -0.1) is 6.58 Å². The van der Waals surface area contributed by atoms with Crippen LogP contribution in [-0.2, 0) is 4.79 Å². The first-order valence-corrected chi connectivity index (χ1v) is 6.26. The largest absolute Gasteiger partial charge is 0.332 e. The minimum Gasteiger partial charge on any atom is -0.311 e. The van der Waals surface area contributed by atoms with Crippen molar-refractivity contribution in [1.82, 2.24) is 4.90 Å². The maximum Gasteiger partial charge on any atom is 0.332 e. The van der Waals surface area contributed by atoms with Crippen molar-refractivity contribution in [3.63, 3.8) is 0 Å². The Bertz CT molecular complexity index is 540. The monoisotopic (exact) mass is 258 g/mol. The highest BCUT2D eigenvalue weighted by Crippen LogP contribution is 2.29. The van der Waals surface area contributed by atoms with E-state index in [-0.39, 0.29) is 18.5 Å². The van der Waals surface area contributed by atoms with Crippen molar-refractivity contribution in [1.29, 1.82) is 0 Å². The summed E-state index contributed by atoms with van der Waals surface area (Å²) in [6.45, 7) is 9.97. The van der Waals surface area contributed by atoms with Gasteiger partial charge in [0, 0.05) is 6.54 Å². The Labute approximate surface area is 113 Å². The van der Waals surface area contributed by atoms with Crippen molar-refractivity contribution in [3.05, 3.63) is 41.5 Å². The van der Waals surface area contributed by atoms with E-state index >= 15 is 0 Å². The van der Waals surface area contributed by atoms with Crippen LogP contribution in [0.5, 0.6) is 0 Å². The van der Waals surface area contributed by atoms with Crippen molar-refractivity contribution in [2.75, 3.05) is 18.0 Å². The van der Waals surface area contributed by atoms with Gasteiger partial charge in [0.15, 0.2) is 0 Å². The van der Waals surface area contributed by atoms with Gasteiger partial charge in [0.25, 0.3) is 5.91 Å². The predicted molar refractivity (Wildman–Crippen MR) is 75.3 cm³/mol. The second-order valence-electron chi connectivity index (χ2n) is 4.93. The van der Waals surface area contributed by atoms with E-state index in [2.05, 4.69) is 6.58 Å². The van der Waals surface area contributed by atoms with E-state index in [9.17, 15) is 9.59 Å². The molecule has 1 saturated heterocycles. The maximum absolute atomic E-state index is 12.3. The van der Waals surface area contributed by atoms with Gasteiger partial charge in [0.1, 0.15) is 6.54 Å². The summed E-state index contributed by atoms with van der Waals surface area (Å²) in [4.78, 5) is 27.1. The molecule has 0 aliphatic carbocycles. The molecule has 0 atom stereocenters. The third-order valence-electron chi connectivity index (χ3n) is 3.25. The van der Waals surface area contributed by atoms with E-state index in [1.165, 1.54) is 9.80 Å². The van der Waals surface area contributed by atoms with Crippen LogP contribution in [0.2, 0.25) is 0 Å². The summed E-state index contributed by atoms with van der Waals surface area (Å²) in [5, 5.41) is 0. The lowest BCUT2D eigenvalue weighted by Crippen LogP contribution is -2.34. The topological polar surface area (TPSA) is 40.6 Å². The van der Waals surface area contributed by atoms with E-state index < -0.39 is 0 Å². The fourth-order valence-electron chi connectivity index (χ4n) is 2.59. The Kier molecular flexibility index (Phi) is 3.42. The normalized spacial score (nSPS) is 15.3. The molecule has 1 aromatic carbocycles. The Balaban J connectivity index is 2.45. The average molecular weight is 258 g/mol. The van der Waals surface area contributed by atoms with Gasteiger partial charge in [0.2, 0.25) is 0 Å². The summed E-state index contributed by atoms with van der Waals surface area (Å²) in [5.41, 5.74) is 3.73. The molecule has 4 nitrogen and oxygen atoms in total. The van der Waals surface area contributed by atoms with Gasteiger partial charge >= 0.3 is 6.03 Å². The highest BCUT2D eigenvalue weighted by atomic mass is 16.2. The van der Waals surface area contributed by atoms with Gasteiger partial charge in [-0.1, -0.05) is 23.8 Å². The number of hydrogen-bond acceptors (Lipinski definition) is 2. The van der Waals surface area contributed by atoms with E-state index in [1.807, 2.05) is 32.9 Å². The van der Waals surface area contributed by atoms with Crippen LogP contribution in [0.3, 0.4) is 0 Å². The molecule has 0 spiro atoms. The van der Waals surface area contributed by atoms with Crippen LogP contribution in [0.1, 0.15) is 16.7 Å². The first-order valence-electron chi connectivity index (χ1n) is 6.26. The predicted octanol–water partition coefficient (Wildman–Crippen LogP) is 2.57. The van der Waals surface area contributed by atoms with Crippen molar-refractivity contribution in [2.24, 2.45) is 0 Å². The minimum atomic E-state index is -0.264. The van der Waals surface area contributed by atoms with Crippen molar-refractivity contribution >= 4 is 17.6 Å². The lowest BCUT2D eigenvalue weighted by molar-refractivity contribution is -0.116. The van der Waals surface area contributed by atoms with Crippen LogP contribution in [0.4, 0.5) is 10.5 Å². The molecule has 0 saturated carbocycles. The molecule has 1 fully saturated rings. The van der Waals surface area contributed by atoms with E-state index in [4.69, 9.17) is 0 Å². The van der Waals surface area contributed by atoms with Gasteiger partial charge in [0.05, 0.1) is 5.69 Å². The molecule has 1 aliphatic heterocycles. The second kappa shape index (κ2) is 4.88. The number of hydrogen-bond donors (Lipinski definition) is 0. The van der Waals surface area contributed by atoms with Gasteiger partial charge in [-0.05, 0) is 31.9 Å². The van der Waals surface area contributed by atoms with Crippen molar-refractivity contribution in [3.8, 4) is 0 Å². The SMILES string of the molecule is C=CCN1CC(=O)N(c2c(C)cc(C)cc2C)C1=O. The number of urea groups is 1. The number of carbonyl (C=O) groups is 2. The molecule has 0 radical (unpaired) electrons. The molecule has 2 rings (SSSR count). The Morgan fingerprint density at radius 1 is 1.21 bits per heavy atom. The summed E-state index contributed by atoms with van der Waals surface area (Å²) in [6, 6.07) is 3.71. The molecule has 0 bridgehead atoms. The van der Waals surface area contributed by atoms with Crippen LogP contribution in [0, 0.1) is 20.8 Å². The molecule has 1 aliphatic rings. The lowest BCUT2D eigenvalue weighted by Gasteiger charge is -2.20. The van der Waals surface area contributed by atoms with Crippen molar-refractivity contribution in [2.45, 2.75) is 20.8 Å². The third-order valence-corrected chi connectivity index (χ3v) is 3.25. The quantitative estimate of drug-likeness (QED) is 0.617. The summed E-state index contributed by atoms with van der Waals surface area (Å²) >= 11 is 0. The van der Waals surface area contributed by atoms with Gasteiger partial charge in [-0.25, -0.2) is 9.69 Å². The Hall–Kier alpha value is -2.10. The molecule has 0 N–H and O–H groups in total. The zero-order valence-electron chi connectivity index (χ0n) is 11.6. The van der Waals surface area contributed by atoms with Crippen LogP contribution >= 0.6 is 0 Å². The number of anilines is 1. The first kappa shape index (κ1) is 13.3. The zero-order chi connectivity index (χ0) is 14.2. The fraction of sp³-hybridized carbons (Fsp3) is 0.333. The molecule has 1 heterocycles. The highest BCUT2D eigenvalue weighted by Gasteiger charge is 2.37. The van der Waals surface area contributed by atoms with Crippen LogP contribution in [0.15, 0.2) is 24.8 Å². The highest BCUT2D eigenvalue weighted by molar-refractivity contribution is 6.20. The van der Waals surface area contributed by atoms with E-state index in [0.29, 0.717) is 12.2 Å². The van der Waals surface area contributed by atoms with Crippen LogP contribution in [0.25, 0.3) is 0 Å². The van der Waals surface area contributed by atoms with E-state index in [1.54, 1.807) is 6.08 Å². The number of benzene rings is 1. The summed E-state index contributed by atoms with van der Waals surface area (Å²) in [5.74, 6) is -0.179. The number of carbonyl (C=O) groups excluding carboxylic acids is 2. The Morgan fingerprint density at radius 2 is 1.79 bits per heavy atom. The molecule has 19 heavy (non-hydrogen) atoms. The number of amides is 3. The summed E-state index contributed by atoms with van der Waals surface area (Å²) in [6.07, 6.45) is 1.63. The van der Waals surface area contributed by atoms with E-state index in [0.717, 1.165) is 16.7 Å². The number of aryl methyl sites for hydroxylation is 3.